The van der Waals surface area contributed by atoms with Crippen LogP contribution in [0.4, 0.5) is 0 Å². The minimum Gasteiger partial charge on any atom is -0.394 e. The van der Waals surface area contributed by atoms with Gasteiger partial charge in [-0.25, -0.2) is 0 Å². The number of carbonyl (C=O) groups excluding carboxylic acids is 1. The first-order valence-electron chi connectivity index (χ1n) is 4.36. The summed E-state index contributed by atoms with van der Waals surface area (Å²) in [5.41, 5.74) is 4.59. The first kappa shape index (κ1) is 9.77. The highest BCUT2D eigenvalue weighted by Crippen LogP contribution is 2.40. The van der Waals surface area contributed by atoms with E-state index in [9.17, 15) is 4.79 Å². The van der Waals surface area contributed by atoms with Gasteiger partial charge in [0.25, 0.3) is 0 Å². The lowest BCUT2D eigenvalue weighted by Crippen LogP contribution is -2.52. The number of carbonyl (C=O) groups is 1. The summed E-state index contributed by atoms with van der Waals surface area (Å²) in [6, 6.07) is 1.69. The molecule has 0 aromatic rings. The average molecular weight is 213 g/mol. The van der Waals surface area contributed by atoms with E-state index in [0.29, 0.717) is 12.2 Å². The van der Waals surface area contributed by atoms with Gasteiger partial charge in [0.05, 0.1) is 18.0 Å². The van der Waals surface area contributed by atoms with Gasteiger partial charge in [0.15, 0.2) is 0 Å². The van der Waals surface area contributed by atoms with Crippen molar-refractivity contribution < 1.29 is 9.90 Å². The number of thioether (sulfide) groups is 1. The summed E-state index contributed by atoms with van der Waals surface area (Å²) in [6.07, 6.45) is 0.436. The second kappa shape index (κ2) is 3.12. The number of aliphatic hydroxyl groups excluding tert-OH is 1. The number of nitriles is 1. The van der Waals surface area contributed by atoms with E-state index >= 15 is 0 Å². The van der Waals surface area contributed by atoms with Crippen LogP contribution in [0.5, 0.6) is 0 Å². The molecule has 3 N–H and O–H groups in total. The minimum atomic E-state index is -1.16. The molecule has 1 amide bonds. The second-order valence-corrected chi connectivity index (χ2v) is 4.87. The maximum absolute atomic E-state index is 11.8. The fourth-order valence-electron chi connectivity index (χ4n) is 1.88. The Morgan fingerprint density at radius 3 is 3.14 bits per heavy atom. The molecule has 2 aliphatic heterocycles. The van der Waals surface area contributed by atoms with Crippen molar-refractivity contribution >= 4 is 17.7 Å². The van der Waals surface area contributed by atoms with Crippen molar-refractivity contribution in [2.24, 2.45) is 5.73 Å². The SMILES string of the molecule is N#CC1CSC2CC(N)(CO)C(=O)N12. The van der Waals surface area contributed by atoms with Gasteiger partial charge in [-0.3, -0.25) is 4.79 Å². The maximum atomic E-state index is 11.8. The predicted molar refractivity (Wildman–Crippen MR) is 51.1 cm³/mol. The van der Waals surface area contributed by atoms with Crippen molar-refractivity contribution in [2.45, 2.75) is 23.4 Å². The van der Waals surface area contributed by atoms with Crippen LogP contribution in [-0.2, 0) is 4.79 Å². The monoisotopic (exact) mass is 213 g/mol. The van der Waals surface area contributed by atoms with E-state index in [2.05, 4.69) is 6.07 Å². The molecule has 0 bridgehead atoms. The highest BCUT2D eigenvalue weighted by atomic mass is 32.2. The smallest absolute Gasteiger partial charge is 0.247 e. The molecular weight excluding hydrogens is 202 g/mol. The standard InChI is InChI=1S/C8H11N3O2S/c9-2-5-3-14-6-1-8(10,4-12)7(13)11(5)6/h5-6,12H,1,3-4,10H2. The first-order chi connectivity index (χ1) is 6.62. The lowest BCUT2D eigenvalue weighted by atomic mass is 10.0. The van der Waals surface area contributed by atoms with Crippen LogP contribution < -0.4 is 5.73 Å². The Kier molecular flexibility index (Phi) is 2.18. The molecule has 6 heteroatoms. The zero-order valence-corrected chi connectivity index (χ0v) is 8.33. The van der Waals surface area contributed by atoms with Gasteiger partial charge in [-0.05, 0) is 0 Å². The molecule has 0 spiro atoms. The van der Waals surface area contributed by atoms with E-state index in [0.717, 1.165) is 0 Å². The highest BCUT2D eigenvalue weighted by molar-refractivity contribution is 8.00. The van der Waals surface area contributed by atoms with E-state index in [1.165, 1.54) is 4.90 Å². The van der Waals surface area contributed by atoms with Gasteiger partial charge in [0, 0.05) is 12.2 Å². The lowest BCUT2D eigenvalue weighted by Gasteiger charge is -2.21. The first-order valence-corrected chi connectivity index (χ1v) is 5.41. The van der Waals surface area contributed by atoms with Crippen LogP contribution in [-0.4, -0.2) is 45.2 Å². The topological polar surface area (TPSA) is 90.4 Å². The number of hydrogen-bond donors (Lipinski definition) is 2. The summed E-state index contributed by atoms with van der Waals surface area (Å²) >= 11 is 1.56. The van der Waals surface area contributed by atoms with Crippen LogP contribution in [0.15, 0.2) is 0 Å². The molecule has 3 atom stereocenters. The Morgan fingerprint density at radius 2 is 2.57 bits per heavy atom. The van der Waals surface area contributed by atoms with Gasteiger partial charge in [-0.1, -0.05) is 0 Å². The predicted octanol–water partition coefficient (Wildman–Crippen LogP) is -1.13. The number of fused-ring (bicyclic) bond motifs is 1. The van der Waals surface area contributed by atoms with Gasteiger partial charge in [0.2, 0.25) is 5.91 Å². The number of nitrogens with two attached hydrogens (primary N) is 1. The molecule has 2 saturated heterocycles. The van der Waals surface area contributed by atoms with Gasteiger partial charge in [-0.15, -0.1) is 11.8 Å². The van der Waals surface area contributed by atoms with Gasteiger partial charge < -0.3 is 15.7 Å². The van der Waals surface area contributed by atoms with Gasteiger partial charge >= 0.3 is 0 Å². The van der Waals surface area contributed by atoms with Crippen LogP contribution in [0.3, 0.4) is 0 Å². The molecule has 0 aromatic carbocycles. The Morgan fingerprint density at radius 1 is 1.86 bits per heavy atom. The molecule has 2 heterocycles. The lowest BCUT2D eigenvalue weighted by molar-refractivity contribution is -0.134. The van der Waals surface area contributed by atoms with Crippen LogP contribution >= 0.6 is 11.8 Å². The van der Waals surface area contributed by atoms with Crippen LogP contribution in [0.2, 0.25) is 0 Å². The molecule has 0 aliphatic carbocycles. The Hall–Kier alpha value is -0.770. The molecule has 14 heavy (non-hydrogen) atoms. The number of hydrogen-bond acceptors (Lipinski definition) is 5. The fourth-order valence-corrected chi connectivity index (χ4v) is 3.34. The molecule has 2 aliphatic rings. The largest absolute Gasteiger partial charge is 0.394 e. The molecule has 5 nitrogen and oxygen atoms in total. The van der Waals surface area contributed by atoms with E-state index in [4.69, 9.17) is 16.1 Å². The van der Waals surface area contributed by atoms with Crippen LogP contribution in [0.1, 0.15) is 6.42 Å². The normalized spacial score (nSPS) is 41.2. The highest BCUT2D eigenvalue weighted by Gasteiger charge is 2.54. The fraction of sp³-hybridized carbons (Fsp3) is 0.750. The molecular formula is C8H11N3O2S. The summed E-state index contributed by atoms with van der Waals surface area (Å²) in [5, 5.41) is 17.8. The summed E-state index contributed by atoms with van der Waals surface area (Å²) in [6.45, 7) is -0.350. The van der Waals surface area contributed by atoms with Crippen molar-refractivity contribution in [1.82, 2.24) is 4.90 Å². The summed E-state index contributed by atoms with van der Waals surface area (Å²) in [4.78, 5) is 13.3. The third kappa shape index (κ3) is 1.13. The molecule has 0 radical (unpaired) electrons. The average Bonchev–Trinajstić information content (AvgIpc) is 2.68. The summed E-state index contributed by atoms with van der Waals surface area (Å²) in [7, 11) is 0. The van der Waals surface area contributed by atoms with Crippen LogP contribution in [0, 0.1) is 11.3 Å². The molecule has 0 saturated carbocycles. The molecule has 0 aromatic heterocycles. The third-order valence-corrected chi connectivity index (χ3v) is 4.01. The van der Waals surface area contributed by atoms with E-state index in [1.54, 1.807) is 11.8 Å². The second-order valence-electron chi connectivity index (χ2n) is 3.66. The van der Waals surface area contributed by atoms with Crippen molar-refractivity contribution in [3.63, 3.8) is 0 Å². The van der Waals surface area contributed by atoms with Crippen molar-refractivity contribution in [2.75, 3.05) is 12.4 Å². The van der Waals surface area contributed by atoms with E-state index in [-0.39, 0.29) is 23.9 Å². The van der Waals surface area contributed by atoms with E-state index in [1.807, 2.05) is 0 Å². The quantitative estimate of drug-likeness (QED) is 0.575. The zero-order chi connectivity index (χ0) is 10.3. The Bertz CT molecular complexity index is 316. The number of aliphatic hydroxyl groups is 1. The number of rotatable bonds is 1. The van der Waals surface area contributed by atoms with Gasteiger partial charge in [0.1, 0.15) is 11.6 Å². The Labute approximate surface area is 85.9 Å². The number of nitrogens with zero attached hydrogens (tertiary/aromatic N) is 2. The Balaban J connectivity index is 2.26. The molecule has 2 rings (SSSR count). The molecule has 2 fully saturated rings. The molecule has 76 valence electrons. The summed E-state index contributed by atoms with van der Waals surface area (Å²) < 4.78 is 0. The van der Waals surface area contributed by atoms with E-state index < -0.39 is 5.54 Å². The third-order valence-electron chi connectivity index (χ3n) is 2.72. The van der Waals surface area contributed by atoms with Gasteiger partial charge in [-0.2, -0.15) is 5.26 Å². The number of amides is 1. The summed E-state index contributed by atoms with van der Waals surface area (Å²) in [5.74, 6) is 0.357. The van der Waals surface area contributed by atoms with Crippen molar-refractivity contribution in [1.29, 1.82) is 5.26 Å². The van der Waals surface area contributed by atoms with Crippen molar-refractivity contribution in [3.05, 3.63) is 0 Å². The molecule has 3 unspecified atom stereocenters. The maximum Gasteiger partial charge on any atom is 0.247 e. The zero-order valence-electron chi connectivity index (χ0n) is 7.51. The minimum absolute atomic E-state index is 0.0238. The van der Waals surface area contributed by atoms with Crippen molar-refractivity contribution in [3.8, 4) is 6.07 Å². The van der Waals surface area contributed by atoms with Crippen LogP contribution in [0.25, 0.3) is 0 Å².